The van der Waals surface area contributed by atoms with Crippen LogP contribution in [0.15, 0.2) is 41.3 Å². The number of aliphatic carboxylic acids is 1. The number of rotatable bonds is 8. The van der Waals surface area contributed by atoms with Crippen LogP contribution in [0.2, 0.25) is 0 Å². The Morgan fingerprint density at radius 2 is 2.00 bits per heavy atom. The van der Waals surface area contributed by atoms with Crippen molar-refractivity contribution in [1.82, 2.24) is 19.5 Å². The van der Waals surface area contributed by atoms with E-state index in [4.69, 9.17) is 5.11 Å². The van der Waals surface area contributed by atoms with Gasteiger partial charge in [0, 0.05) is 19.8 Å². The molecule has 0 unspecified atom stereocenters. The van der Waals surface area contributed by atoms with Crippen LogP contribution >= 0.6 is 0 Å². The summed E-state index contributed by atoms with van der Waals surface area (Å²) in [4.78, 5) is 37.6. The van der Waals surface area contributed by atoms with Crippen LogP contribution in [0, 0.1) is 5.92 Å². The molecule has 0 saturated heterocycles. The molecule has 0 saturated carbocycles. The fourth-order valence-corrected chi connectivity index (χ4v) is 3.21. The van der Waals surface area contributed by atoms with E-state index in [-0.39, 0.29) is 36.3 Å². The Hall–Kier alpha value is -3.49. The van der Waals surface area contributed by atoms with Crippen LogP contribution in [0.3, 0.4) is 0 Å². The highest BCUT2D eigenvalue weighted by atomic mass is 16.4. The minimum atomic E-state index is -0.951. The van der Waals surface area contributed by atoms with Crippen molar-refractivity contribution in [3.63, 3.8) is 0 Å². The van der Waals surface area contributed by atoms with Crippen molar-refractivity contribution in [1.29, 1.82) is 0 Å². The number of hydrogen-bond donors (Lipinski definition) is 3. The van der Waals surface area contributed by atoms with Gasteiger partial charge in [0.2, 0.25) is 0 Å². The second-order valence-electron chi connectivity index (χ2n) is 6.94. The van der Waals surface area contributed by atoms with Crippen LogP contribution in [-0.2, 0) is 4.79 Å². The third-order valence-electron chi connectivity index (χ3n) is 4.52. The molecule has 152 valence electrons. The van der Waals surface area contributed by atoms with Crippen molar-refractivity contribution in [2.24, 2.45) is 5.92 Å². The molecule has 0 aromatic carbocycles. The zero-order valence-electron chi connectivity index (χ0n) is 16.6. The number of pyridine rings is 2. The summed E-state index contributed by atoms with van der Waals surface area (Å²) in [5.74, 6) is -0.200. The van der Waals surface area contributed by atoms with Crippen LogP contribution in [-0.4, -0.2) is 44.2 Å². The smallest absolute Gasteiger partial charge is 0.305 e. The van der Waals surface area contributed by atoms with Crippen molar-refractivity contribution in [3.8, 4) is 0 Å². The molecule has 1 atom stereocenters. The molecule has 0 aliphatic carbocycles. The average molecular weight is 396 g/mol. The lowest BCUT2D eigenvalue weighted by Crippen LogP contribution is -2.33. The summed E-state index contributed by atoms with van der Waals surface area (Å²) in [6, 6.07) is 8.77. The molecule has 0 radical (unpaired) electrons. The lowest BCUT2D eigenvalue weighted by molar-refractivity contribution is -0.136. The van der Waals surface area contributed by atoms with Crippen molar-refractivity contribution >= 4 is 28.8 Å². The van der Waals surface area contributed by atoms with Crippen molar-refractivity contribution in [3.05, 3.63) is 52.6 Å². The van der Waals surface area contributed by atoms with Crippen LogP contribution in [0.1, 0.15) is 32.0 Å². The molecule has 9 heteroatoms. The number of carbonyl (C=O) groups is 1. The first-order valence-electron chi connectivity index (χ1n) is 9.40. The Morgan fingerprint density at radius 3 is 2.62 bits per heavy atom. The van der Waals surface area contributed by atoms with Gasteiger partial charge in [-0.3, -0.25) is 19.1 Å². The molecular formula is C20H24N6O3. The molecule has 3 heterocycles. The Balaban J connectivity index is 2.24. The molecule has 0 fully saturated rings. The summed E-state index contributed by atoms with van der Waals surface area (Å²) in [6.07, 6.45) is 1.57. The van der Waals surface area contributed by atoms with Crippen molar-refractivity contribution < 1.29 is 9.90 Å². The second-order valence-corrected chi connectivity index (χ2v) is 6.94. The second kappa shape index (κ2) is 8.68. The zero-order valence-corrected chi connectivity index (χ0v) is 16.6. The van der Waals surface area contributed by atoms with Crippen molar-refractivity contribution in [2.45, 2.75) is 26.3 Å². The maximum Gasteiger partial charge on any atom is 0.305 e. The van der Waals surface area contributed by atoms with Gasteiger partial charge in [0.25, 0.3) is 5.56 Å². The molecule has 9 nitrogen and oxygen atoms in total. The third kappa shape index (κ3) is 4.34. The van der Waals surface area contributed by atoms with Gasteiger partial charge in [-0.25, -0.2) is 9.97 Å². The van der Waals surface area contributed by atoms with Crippen LogP contribution in [0.5, 0.6) is 0 Å². The van der Waals surface area contributed by atoms with Crippen LogP contribution < -0.4 is 16.2 Å². The Kier molecular flexibility index (Phi) is 6.06. The molecule has 3 aromatic rings. The first-order valence-corrected chi connectivity index (χ1v) is 9.40. The Labute approximate surface area is 167 Å². The lowest BCUT2D eigenvalue weighted by atomic mass is 9.99. The molecule has 3 rings (SSSR count). The number of hydrogen-bond acceptors (Lipinski definition) is 7. The van der Waals surface area contributed by atoms with Gasteiger partial charge in [-0.05, 0) is 30.2 Å². The molecule has 29 heavy (non-hydrogen) atoms. The molecule has 0 bridgehead atoms. The predicted octanol–water partition coefficient (Wildman–Crippen LogP) is 2.36. The maximum absolute atomic E-state index is 13.4. The molecule has 0 spiro atoms. The molecule has 0 aliphatic rings. The summed E-state index contributed by atoms with van der Waals surface area (Å²) in [5, 5.41) is 14.7. The molecule has 3 aromatic heterocycles. The number of anilines is 2. The first-order chi connectivity index (χ1) is 13.9. The zero-order chi connectivity index (χ0) is 21.0. The van der Waals surface area contributed by atoms with E-state index in [1.165, 1.54) is 0 Å². The standard InChI is InChI=1S/C20H24N6O3/c1-12(2)17(13-6-4-5-10-22-13)26-19-14(7-8-15(21-3)25-19)24-18(20(26)29)23-11-9-16(27)28/h4-8,10,12,17H,9,11H2,1-3H3,(H,21,25)(H,23,24)(H,27,28)/t17-/m0/s1. The van der Waals surface area contributed by atoms with E-state index in [9.17, 15) is 9.59 Å². The summed E-state index contributed by atoms with van der Waals surface area (Å²) < 4.78 is 1.60. The number of nitrogens with one attached hydrogen (secondary N) is 2. The van der Waals surface area contributed by atoms with E-state index in [1.807, 2.05) is 32.0 Å². The summed E-state index contributed by atoms with van der Waals surface area (Å²) in [7, 11) is 1.75. The monoisotopic (exact) mass is 396 g/mol. The molecule has 0 amide bonds. The molecular weight excluding hydrogens is 372 g/mol. The SMILES string of the molecule is CNc1ccc2nc(NCCC(=O)O)c(=O)n([C@H](c3ccccn3)C(C)C)c2n1. The predicted molar refractivity (Wildman–Crippen MR) is 111 cm³/mol. The van der Waals surface area contributed by atoms with Gasteiger partial charge in [-0.1, -0.05) is 19.9 Å². The van der Waals surface area contributed by atoms with Gasteiger partial charge in [0.05, 0.1) is 18.2 Å². The summed E-state index contributed by atoms with van der Waals surface area (Å²) in [5.41, 5.74) is 1.34. The van der Waals surface area contributed by atoms with Gasteiger partial charge < -0.3 is 15.7 Å². The number of carboxylic acid groups (broad SMARTS) is 1. The Bertz CT molecular complexity index is 1060. The third-order valence-corrected chi connectivity index (χ3v) is 4.52. The molecule has 3 N–H and O–H groups in total. The highest BCUT2D eigenvalue weighted by Gasteiger charge is 2.25. The van der Waals surface area contributed by atoms with E-state index < -0.39 is 5.97 Å². The minimum Gasteiger partial charge on any atom is -0.481 e. The van der Waals surface area contributed by atoms with E-state index in [0.29, 0.717) is 17.0 Å². The van der Waals surface area contributed by atoms with E-state index in [0.717, 1.165) is 5.69 Å². The largest absolute Gasteiger partial charge is 0.481 e. The Morgan fingerprint density at radius 1 is 1.21 bits per heavy atom. The number of aromatic nitrogens is 4. The highest BCUT2D eigenvalue weighted by molar-refractivity contribution is 5.75. The quantitative estimate of drug-likeness (QED) is 0.530. The summed E-state index contributed by atoms with van der Waals surface area (Å²) >= 11 is 0. The first kappa shape index (κ1) is 20.2. The fourth-order valence-electron chi connectivity index (χ4n) is 3.21. The highest BCUT2D eigenvalue weighted by Crippen LogP contribution is 2.27. The number of nitrogens with zero attached hydrogens (tertiary/aromatic N) is 4. The number of carboxylic acids is 1. The van der Waals surface area contributed by atoms with Crippen LogP contribution in [0.25, 0.3) is 11.2 Å². The van der Waals surface area contributed by atoms with E-state index >= 15 is 0 Å². The van der Waals surface area contributed by atoms with E-state index in [1.54, 1.807) is 29.9 Å². The van der Waals surface area contributed by atoms with Gasteiger partial charge in [0.1, 0.15) is 11.3 Å². The average Bonchev–Trinajstić information content (AvgIpc) is 2.70. The normalized spacial score (nSPS) is 12.1. The van der Waals surface area contributed by atoms with Gasteiger partial charge >= 0.3 is 5.97 Å². The number of fused-ring (bicyclic) bond motifs is 1. The fraction of sp³-hybridized carbons (Fsp3) is 0.350. The maximum atomic E-state index is 13.4. The topological polar surface area (TPSA) is 122 Å². The van der Waals surface area contributed by atoms with Gasteiger partial charge in [-0.2, -0.15) is 0 Å². The van der Waals surface area contributed by atoms with Crippen LogP contribution in [0.4, 0.5) is 11.6 Å². The molecule has 0 aliphatic heterocycles. The summed E-state index contributed by atoms with van der Waals surface area (Å²) in [6.45, 7) is 4.12. The van der Waals surface area contributed by atoms with Crippen molar-refractivity contribution in [2.75, 3.05) is 24.2 Å². The lowest BCUT2D eigenvalue weighted by Gasteiger charge is -2.25. The van der Waals surface area contributed by atoms with Gasteiger partial charge in [0.15, 0.2) is 11.5 Å². The van der Waals surface area contributed by atoms with Gasteiger partial charge in [-0.15, -0.1) is 0 Å². The van der Waals surface area contributed by atoms with E-state index in [2.05, 4.69) is 25.6 Å². The minimum absolute atomic E-state index is 0.0418.